The van der Waals surface area contributed by atoms with Crippen molar-refractivity contribution in [3.8, 4) is 0 Å². The molecule has 9 heteroatoms. The van der Waals surface area contributed by atoms with Crippen LogP contribution in [-0.2, 0) is 11.3 Å². The SMILES string of the molecule is C=CCN1C(=O)C(C)N(C)c2nc(NCc3ccc(NC(=O)c4ccc(F)cc4)cc3)nc(C)c21. The van der Waals surface area contributed by atoms with Gasteiger partial charge in [-0.25, -0.2) is 9.37 Å². The molecule has 2 aromatic carbocycles. The average molecular weight is 475 g/mol. The normalized spacial score (nSPS) is 15.0. The van der Waals surface area contributed by atoms with Crippen LogP contribution in [0.3, 0.4) is 0 Å². The maximum Gasteiger partial charge on any atom is 0.255 e. The maximum absolute atomic E-state index is 13.1. The molecule has 35 heavy (non-hydrogen) atoms. The number of benzene rings is 2. The number of amides is 2. The van der Waals surface area contributed by atoms with Gasteiger partial charge in [-0.1, -0.05) is 18.2 Å². The second kappa shape index (κ2) is 9.92. The Bertz CT molecular complexity index is 1260. The molecule has 0 spiro atoms. The lowest BCUT2D eigenvalue weighted by Crippen LogP contribution is -2.51. The van der Waals surface area contributed by atoms with Gasteiger partial charge in [0.25, 0.3) is 5.91 Å². The summed E-state index contributed by atoms with van der Waals surface area (Å²) in [6, 6.07) is 12.4. The van der Waals surface area contributed by atoms with Crippen molar-refractivity contribution in [2.75, 3.05) is 34.0 Å². The second-order valence-electron chi connectivity index (χ2n) is 8.34. The highest BCUT2D eigenvalue weighted by Gasteiger charge is 2.36. The summed E-state index contributed by atoms with van der Waals surface area (Å²) >= 11 is 0. The van der Waals surface area contributed by atoms with E-state index in [9.17, 15) is 14.0 Å². The van der Waals surface area contributed by atoms with Crippen molar-refractivity contribution in [1.82, 2.24) is 9.97 Å². The van der Waals surface area contributed by atoms with Gasteiger partial charge in [0, 0.05) is 31.4 Å². The number of fused-ring (bicyclic) bond motifs is 1. The molecule has 2 N–H and O–H groups in total. The molecule has 0 saturated carbocycles. The molecule has 0 radical (unpaired) electrons. The minimum atomic E-state index is -0.389. The van der Waals surface area contributed by atoms with Crippen LogP contribution in [0.5, 0.6) is 0 Å². The third-order valence-electron chi connectivity index (χ3n) is 5.93. The Morgan fingerprint density at radius 3 is 2.49 bits per heavy atom. The van der Waals surface area contributed by atoms with Gasteiger partial charge in [-0.05, 0) is 55.8 Å². The summed E-state index contributed by atoms with van der Waals surface area (Å²) in [6.07, 6.45) is 1.69. The molecule has 1 aliphatic heterocycles. The smallest absolute Gasteiger partial charge is 0.255 e. The Morgan fingerprint density at radius 1 is 1.14 bits per heavy atom. The minimum Gasteiger partial charge on any atom is -0.350 e. The fraction of sp³-hybridized carbons (Fsp3) is 0.231. The van der Waals surface area contributed by atoms with E-state index in [4.69, 9.17) is 0 Å². The lowest BCUT2D eigenvalue weighted by molar-refractivity contribution is -0.119. The lowest BCUT2D eigenvalue weighted by Gasteiger charge is -2.39. The predicted octanol–water partition coefficient (Wildman–Crippen LogP) is 4.15. The number of aromatic nitrogens is 2. The van der Waals surface area contributed by atoms with Crippen molar-refractivity contribution in [2.24, 2.45) is 0 Å². The summed E-state index contributed by atoms with van der Waals surface area (Å²) in [5, 5.41) is 6.04. The predicted molar refractivity (Wildman–Crippen MR) is 135 cm³/mol. The summed E-state index contributed by atoms with van der Waals surface area (Å²) in [6.45, 7) is 8.33. The number of nitrogens with one attached hydrogen (secondary N) is 2. The summed E-state index contributed by atoms with van der Waals surface area (Å²) in [5.74, 6) is 0.435. The highest BCUT2D eigenvalue weighted by atomic mass is 19.1. The molecule has 1 atom stereocenters. The highest BCUT2D eigenvalue weighted by molar-refractivity contribution is 6.05. The van der Waals surface area contributed by atoms with Gasteiger partial charge in [-0.15, -0.1) is 6.58 Å². The van der Waals surface area contributed by atoms with E-state index >= 15 is 0 Å². The van der Waals surface area contributed by atoms with Crippen LogP contribution in [-0.4, -0.2) is 41.4 Å². The number of halogens is 1. The van der Waals surface area contributed by atoms with Crippen LogP contribution in [0.4, 0.5) is 27.5 Å². The number of hydrogen-bond acceptors (Lipinski definition) is 6. The Kier molecular flexibility index (Phi) is 6.77. The van der Waals surface area contributed by atoms with Crippen molar-refractivity contribution in [3.05, 3.63) is 83.8 Å². The number of hydrogen-bond donors (Lipinski definition) is 2. The van der Waals surface area contributed by atoms with Crippen LogP contribution in [0.25, 0.3) is 0 Å². The maximum atomic E-state index is 13.1. The van der Waals surface area contributed by atoms with Gasteiger partial charge < -0.3 is 20.4 Å². The van der Waals surface area contributed by atoms with E-state index in [2.05, 4.69) is 27.2 Å². The molecule has 2 heterocycles. The van der Waals surface area contributed by atoms with Gasteiger partial charge in [-0.2, -0.15) is 4.98 Å². The van der Waals surface area contributed by atoms with Crippen LogP contribution in [0.15, 0.2) is 61.2 Å². The average Bonchev–Trinajstić information content (AvgIpc) is 2.85. The van der Waals surface area contributed by atoms with Crippen molar-refractivity contribution in [3.63, 3.8) is 0 Å². The zero-order valence-electron chi connectivity index (χ0n) is 19.9. The molecular formula is C26H27FN6O2. The zero-order chi connectivity index (χ0) is 25.1. The molecule has 2 amide bonds. The summed E-state index contributed by atoms with van der Waals surface area (Å²) in [7, 11) is 1.85. The van der Waals surface area contributed by atoms with Gasteiger partial charge >= 0.3 is 0 Å². The molecule has 180 valence electrons. The summed E-state index contributed by atoms with van der Waals surface area (Å²) in [4.78, 5) is 37.8. The molecular weight excluding hydrogens is 447 g/mol. The van der Waals surface area contributed by atoms with Crippen LogP contribution in [0.2, 0.25) is 0 Å². The lowest BCUT2D eigenvalue weighted by atomic mass is 10.1. The first-order valence-electron chi connectivity index (χ1n) is 11.2. The Hall–Kier alpha value is -4.27. The van der Waals surface area contributed by atoms with E-state index in [-0.39, 0.29) is 23.7 Å². The topological polar surface area (TPSA) is 90.5 Å². The Labute approximate surface area is 203 Å². The molecule has 0 aliphatic carbocycles. The second-order valence-corrected chi connectivity index (χ2v) is 8.34. The molecule has 0 bridgehead atoms. The molecule has 1 unspecified atom stereocenters. The summed E-state index contributed by atoms with van der Waals surface area (Å²) in [5.41, 5.74) is 3.37. The first-order chi connectivity index (χ1) is 16.8. The molecule has 0 fully saturated rings. The van der Waals surface area contributed by atoms with Gasteiger partial charge in [0.05, 0.1) is 5.69 Å². The minimum absolute atomic E-state index is 0.0149. The monoisotopic (exact) mass is 474 g/mol. The number of aryl methyl sites for hydroxylation is 1. The Morgan fingerprint density at radius 2 is 1.83 bits per heavy atom. The van der Waals surface area contributed by atoms with E-state index in [1.54, 1.807) is 23.1 Å². The highest BCUT2D eigenvalue weighted by Crippen LogP contribution is 2.36. The molecule has 0 saturated heterocycles. The number of anilines is 4. The third kappa shape index (κ3) is 4.98. The molecule has 3 aromatic rings. The molecule has 8 nitrogen and oxygen atoms in total. The molecule has 1 aromatic heterocycles. The molecule has 4 rings (SSSR count). The third-order valence-corrected chi connectivity index (χ3v) is 5.93. The fourth-order valence-corrected chi connectivity index (χ4v) is 3.88. The van der Waals surface area contributed by atoms with E-state index in [1.165, 1.54) is 24.3 Å². The summed E-state index contributed by atoms with van der Waals surface area (Å²) < 4.78 is 13.1. The van der Waals surface area contributed by atoms with Crippen molar-refractivity contribution >= 4 is 35.0 Å². The standard InChI is InChI=1S/C26H27FN6O2/c1-5-14-33-22-16(2)29-26(31-23(22)32(4)17(3)25(33)35)28-15-18-6-12-21(13-7-18)30-24(34)19-8-10-20(27)11-9-19/h5-13,17H,1,14-15H2,2-4H3,(H,30,34)(H,28,29,31). The van der Waals surface area contributed by atoms with Gasteiger partial charge in [-0.3, -0.25) is 9.59 Å². The first-order valence-corrected chi connectivity index (χ1v) is 11.2. The van der Waals surface area contributed by atoms with Crippen LogP contribution < -0.4 is 20.4 Å². The van der Waals surface area contributed by atoms with E-state index in [0.717, 1.165) is 5.56 Å². The van der Waals surface area contributed by atoms with Gasteiger partial charge in [0.15, 0.2) is 5.82 Å². The zero-order valence-corrected chi connectivity index (χ0v) is 19.9. The molecule has 1 aliphatic rings. The number of likely N-dealkylation sites (N-methyl/N-ethyl adjacent to an activating group) is 1. The van der Waals surface area contributed by atoms with Crippen molar-refractivity contribution in [2.45, 2.75) is 26.4 Å². The number of rotatable bonds is 7. The van der Waals surface area contributed by atoms with E-state index < -0.39 is 0 Å². The number of carbonyl (C=O) groups excluding carboxylic acids is 2. The fourth-order valence-electron chi connectivity index (χ4n) is 3.88. The van der Waals surface area contributed by atoms with E-state index in [0.29, 0.717) is 47.5 Å². The number of nitrogens with zero attached hydrogens (tertiary/aromatic N) is 4. The van der Waals surface area contributed by atoms with Crippen LogP contribution >= 0.6 is 0 Å². The Balaban J connectivity index is 1.45. The van der Waals surface area contributed by atoms with Gasteiger partial charge in [0.1, 0.15) is 17.5 Å². The van der Waals surface area contributed by atoms with Crippen molar-refractivity contribution < 1.29 is 14.0 Å². The van der Waals surface area contributed by atoms with Gasteiger partial charge in [0.2, 0.25) is 11.9 Å². The van der Waals surface area contributed by atoms with Crippen LogP contribution in [0, 0.1) is 12.7 Å². The van der Waals surface area contributed by atoms with Crippen LogP contribution in [0.1, 0.15) is 28.5 Å². The first kappa shape index (κ1) is 23.9. The number of carbonyl (C=O) groups is 2. The van der Waals surface area contributed by atoms with Crippen molar-refractivity contribution in [1.29, 1.82) is 0 Å². The quantitative estimate of drug-likeness (QED) is 0.500. The largest absolute Gasteiger partial charge is 0.350 e. The van der Waals surface area contributed by atoms with E-state index in [1.807, 2.05) is 37.9 Å².